The largest absolute Gasteiger partial charge is 0.507 e. The number of carbonyl (C=O) groups excluding carboxylic acids is 2. The van der Waals surface area contributed by atoms with Gasteiger partial charge < -0.3 is 15.2 Å². The van der Waals surface area contributed by atoms with E-state index in [1.54, 1.807) is 12.1 Å². The number of phenols is 1. The zero-order valence-electron chi connectivity index (χ0n) is 14.0. The first kappa shape index (κ1) is 17.5. The molecule has 0 fully saturated rings. The van der Waals surface area contributed by atoms with E-state index >= 15 is 0 Å². The van der Waals surface area contributed by atoms with Crippen LogP contribution in [-0.2, 0) is 9.53 Å². The molecule has 0 spiro atoms. The molecule has 5 nitrogen and oxygen atoms in total. The van der Waals surface area contributed by atoms with Gasteiger partial charge in [0.1, 0.15) is 11.3 Å². The zero-order chi connectivity index (χ0) is 17.7. The van der Waals surface area contributed by atoms with Crippen LogP contribution in [0.15, 0.2) is 42.5 Å². The van der Waals surface area contributed by atoms with E-state index in [0.29, 0.717) is 0 Å². The summed E-state index contributed by atoms with van der Waals surface area (Å²) < 4.78 is 4.94. The number of aryl methyl sites for hydroxylation is 2. The lowest BCUT2D eigenvalue weighted by Crippen LogP contribution is -2.31. The third-order valence-corrected chi connectivity index (χ3v) is 3.87. The van der Waals surface area contributed by atoms with E-state index in [4.69, 9.17) is 4.74 Å². The van der Waals surface area contributed by atoms with Crippen molar-refractivity contribution in [1.82, 2.24) is 5.32 Å². The molecule has 0 radical (unpaired) electrons. The number of ether oxygens (including phenoxy) is 1. The summed E-state index contributed by atoms with van der Waals surface area (Å²) in [5.41, 5.74) is 3.36. The second-order valence-corrected chi connectivity index (χ2v) is 5.73. The van der Waals surface area contributed by atoms with E-state index in [2.05, 4.69) is 5.32 Å². The van der Waals surface area contributed by atoms with Crippen LogP contribution in [0.5, 0.6) is 5.75 Å². The minimum absolute atomic E-state index is 0.0347. The summed E-state index contributed by atoms with van der Waals surface area (Å²) in [6, 6.07) is 11.8. The molecular weight excluding hydrogens is 306 g/mol. The summed E-state index contributed by atoms with van der Waals surface area (Å²) in [4.78, 5) is 23.8. The molecule has 1 atom stereocenters. The van der Waals surface area contributed by atoms with Crippen LogP contribution in [-0.4, -0.2) is 23.6 Å². The van der Waals surface area contributed by atoms with Crippen molar-refractivity contribution in [1.29, 1.82) is 0 Å². The first-order valence-electron chi connectivity index (χ1n) is 7.70. The first-order chi connectivity index (χ1) is 11.4. The maximum Gasteiger partial charge on any atom is 0.342 e. The lowest BCUT2D eigenvalue weighted by Gasteiger charge is -2.16. The molecule has 0 aliphatic heterocycles. The highest BCUT2D eigenvalue weighted by Gasteiger charge is 2.15. The Labute approximate surface area is 141 Å². The van der Waals surface area contributed by atoms with Gasteiger partial charge in [-0.05, 0) is 49.6 Å². The SMILES string of the molecule is Cc1ccc([C@@H](C)NC(=O)COC(=O)c2ccccc2O)cc1C. The van der Waals surface area contributed by atoms with Gasteiger partial charge in [-0.1, -0.05) is 30.3 Å². The standard InChI is InChI=1S/C19H21NO4/c1-12-8-9-15(10-13(12)2)14(3)20-18(22)11-24-19(23)16-6-4-5-7-17(16)21/h4-10,14,21H,11H2,1-3H3,(H,20,22)/t14-/m1/s1. The molecule has 0 aliphatic carbocycles. The van der Waals surface area contributed by atoms with Gasteiger partial charge in [0, 0.05) is 0 Å². The number of rotatable bonds is 5. The molecule has 24 heavy (non-hydrogen) atoms. The van der Waals surface area contributed by atoms with Crippen molar-refractivity contribution in [2.45, 2.75) is 26.8 Å². The maximum absolute atomic E-state index is 11.9. The molecule has 0 aromatic heterocycles. The number of carbonyl (C=O) groups is 2. The van der Waals surface area contributed by atoms with E-state index in [1.807, 2.05) is 39.0 Å². The Hall–Kier alpha value is -2.82. The van der Waals surface area contributed by atoms with E-state index < -0.39 is 18.5 Å². The zero-order valence-corrected chi connectivity index (χ0v) is 14.0. The highest BCUT2D eigenvalue weighted by molar-refractivity contribution is 5.93. The predicted octanol–water partition coefficient (Wildman–Crippen LogP) is 3.04. The van der Waals surface area contributed by atoms with E-state index in [9.17, 15) is 14.7 Å². The smallest absolute Gasteiger partial charge is 0.342 e. The van der Waals surface area contributed by atoms with Gasteiger partial charge in [-0.2, -0.15) is 0 Å². The molecule has 2 aromatic rings. The molecule has 1 amide bonds. The number of hydrogen-bond acceptors (Lipinski definition) is 4. The summed E-state index contributed by atoms with van der Waals surface area (Å²) >= 11 is 0. The van der Waals surface area contributed by atoms with Crippen LogP contribution in [0.1, 0.15) is 40.0 Å². The lowest BCUT2D eigenvalue weighted by molar-refractivity contribution is -0.124. The fourth-order valence-corrected chi connectivity index (χ4v) is 2.26. The Morgan fingerprint density at radius 2 is 1.83 bits per heavy atom. The second kappa shape index (κ2) is 7.64. The number of esters is 1. The van der Waals surface area contributed by atoms with Crippen molar-refractivity contribution in [3.05, 3.63) is 64.7 Å². The molecule has 0 saturated heterocycles. The normalized spacial score (nSPS) is 11.6. The Morgan fingerprint density at radius 3 is 2.50 bits per heavy atom. The molecule has 2 N–H and O–H groups in total. The minimum atomic E-state index is -0.734. The van der Waals surface area contributed by atoms with Gasteiger partial charge in [-0.15, -0.1) is 0 Å². The van der Waals surface area contributed by atoms with Gasteiger partial charge >= 0.3 is 5.97 Å². The summed E-state index contributed by atoms with van der Waals surface area (Å²) in [6.07, 6.45) is 0. The van der Waals surface area contributed by atoms with E-state index in [1.165, 1.54) is 17.7 Å². The van der Waals surface area contributed by atoms with Crippen molar-refractivity contribution < 1.29 is 19.4 Å². The van der Waals surface area contributed by atoms with Crippen molar-refractivity contribution in [3.8, 4) is 5.75 Å². The summed E-state index contributed by atoms with van der Waals surface area (Å²) in [6.45, 7) is 5.51. The van der Waals surface area contributed by atoms with Crippen molar-refractivity contribution >= 4 is 11.9 Å². The molecule has 2 aromatic carbocycles. The number of aromatic hydroxyl groups is 1. The van der Waals surface area contributed by atoms with Crippen molar-refractivity contribution in [2.24, 2.45) is 0 Å². The molecule has 0 aliphatic rings. The van der Waals surface area contributed by atoms with Gasteiger partial charge in [-0.3, -0.25) is 4.79 Å². The molecule has 0 bridgehead atoms. The molecule has 0 saturated carbocycles. The van der Waals surface area contributed by atoms with Crippen molar-refractivity contribution in [2.75, 3.05) is 6.61 Å². The third kappa shape index (κ3) is 4.35. The molecular formula is C19H21NO4. The molecule has 126 valence electrons. The highest BCUT2D eigenvalue weighted by atomic mass is 16.5. The second-order valence-electron chi connectivity index (χ2n) is 5.73. The van der Waals surface area contributed by atoms with Crippen LogP contribution < -0.4 is 5.32 Å². The fourth-order valence-electron chi connectivity index (χ4n) is 2.26. The Bertz CT molecular complexity index is 755. The third-order valence-electron chi connectivity index (χ3n) is 3.87. The number of benzene rings is 2. The van der Waals surface area contributed by atoms with Gasteiger partial charge in [0.2, 0.25) is 0 Å². The quantitative estimate of drug-likeness (QED) is 0.828. The van der Waals surface area contributed by atoms with Crippen LogP contribution in [0.25, 0.3) is 0 Å². The Morgan fingerprint density at radius 1 is 1.12 bits per heavy atom. The molecule has 0 unspecified atom stereocenters. The van der Waals surface area contributed by atoms with Crippen LogP contribution >= 0.6 is 0 Å². The number of para-hydroxylation sites is 1. The van der Waals surface area contributed by atoms with Crippen molar-refractivity contribution in [3.63, 3.8) is 0 Å². The van der Waals surface area contributed by atoms with Crippen LogP contribution in [0, 0.1) is 13.8 Å². The summed E-state index contributed by atoms with van der Waals surface area (Å²) in [5.74, 6) is -1.31. The predicted molar refractivity (Wildman–Crippen MR) is 90.9 cm³/mol. The summed E-state index contributed by atoms with van der Waals surface area (Å²) in [7, 11) is 0. The average Bonchev–Trinajstić information content (AvgIpc) is 2.55. The number of nitrogens with one attached hydrogen (secondary N) is 1. The first-order valence-corrected chi connectivity index (χ1v) is 7.70. The Kier molecular flexibility index (Phi) is 5.58. The average molecular weight is 327 g/mol. The summed E-state index contributed by atoms with van der Waals surface area (Å²) in [5, 5.41) is 12.4. The maximum atomic E-state index is 11.9. The number of phenolic OH excluding ortho intramolecular Hbond substituents is 1. The minimum Gasteiger partial charge on any atom is -0.507 e. The van der Waals surface area contributed by atoms with Gasteiger partial charge in [0.25, 0.3) is 5.91 Å². The van der Waals surface area contributed by atoms with E-state index in [-0.39, 0.29) is 17.4 Å². The number of amides is 1. The topological polar surface area (TPSA) is 75.6 Å². The highest BCUT2D eigenvalue weighted by Crippen LogP contribution is 2.18. The van der Waals surface area contributed by atoms with Gasteiger partial charge in [-0.25, -0.2) is 4.79 Å². The number of hydrogen-bond donors (Lipinski definition) is 2. The van der Waals surface area contributed by atoms with Gasteiger partial charge in [0.15, 0.2) is 6.61 Å². The molecule has 2 rings (SSSR count). The van der Waals surface area contributed by atoms with E-state index in [0.717, 1.165) is 11.1 Å². The fraction of sp³-hybridized carbons (Fsp3) is 0.263. The van der Waals surface area contributed by atoms with Crippen LogP contribution in [0.4, 0.5) is 0 Å². The monoisotopic (exact) mass is 327 g/mol. The van der Waals surface area contributed by atoms with Gasteiger partial charge in [0.05, 0.1) is 6.04 Å². The molecule has 5 heteroatoms. The molecule has 0 heterocycles. The van der Waals surface area contributed by atoms with Crippen LogP contribution in [0.3, 0.4) is 0 Å². The Balaban J connectivity index is 1.90. The van der Waals surface area contributed by atoms with Crippen LogP contribution in [0.2, 0.25) is 0 Å². The lowest BCUT2D eigenvalue weighted by atomic mass is 10.0.